The molecule has 4 rings (SSSR count). The molecule has 0 aromatic heterocycles. The maximum Gasteiger partial charge on any atom is 0.258 e. The highest BCUT2D eigenvalue weighted by Crippen LogP contribution is 2.22. The average molecular weight is 506 g/mol. The van der Waals surface area contributed by atoms with Crippen LogP contribution in [0.1, 0.15) is 27.9 Å². The van der Waals surface area contributed by atoms with Crippen molar-refractivity contribution in [3.8, 4) is 0 Å². The third-order valence-electron chi connectivity index (χ3n) is 6.21. The molecule has 3 aromatic carbocycles. The first-order chi connectivity index (χ1) is 17.6. The van der Waals surface area contributed by atoms with Crippen molar-refractivity contribution in [1.29, 1.82) is 0 Å². The lowest BCUT2D eigenvalue weighted by Gasteiger charge is -2.26. The topological polar surface area (TPSA) is 61.9 Å². The Hall–Kier alpha value is -3.19. The molecule has 1 saturated heterocycles. The van der Waals surface area contributed by atoms with Gasteiger partial charge in [0.1, 0.15) is 0 Å². The van der Waals surface area contributed by atoms with E-state index in [2.05, 4.69) is 10.2 Å². The lowest BCUT2D eigenvalue weighted by atomic mass is 10.1. The molecule has 6 nitrogen and oxygen atoms in total. The number of hydrogen-bond acceptors (Lipinski definition) is 4. The summed E-state index contributed by atoms with van der Waals surface area (Å²) in [5.74, 6) is -0.107. The molecule has 1 heterocycles. The second-order valence-electron chi connectivity index (χ2n) is 8.88. The van der Waals surface area contributed by atoms with Crippen molar-refractivity contribution in [1.82, 2.24) is 10.2 Å². The number of hydrogen-bond donors (Lipinski definition) is 1. The highest BCUT2D eigenvalue weighted by Gasteiger charge is 2.19. The van der Waals surface area contributed by atoms with Gasteiger partial charge in [0.15, 0.2) is 0 Å². The number of benzene rings is 3. The second-order valence-corrected chi connectivity index (χ2v) is 9.32. The summed E-state index contributed by atoms with van der Waals surface area (Å²) in [6.45, 7) is 5.56. The van der Waals surface area contributed by atoms with Gasteiger partial charge in [0.25, 0.3) is 5.91 Å². The number of anilines is 1. The molecule has 3 aromatic rings. The van der Waals surface area contributed by atoms with Crippen LogP contribution in [0.3, 0.4) is 0 Å². The minimum absolute atomic E-state index is 0.00288. The minimum Gasteiger partial charge on any atom is -0.379 e. The maximum absolute atomic E-state index is 13.4. The third-order valence-corrected chi connectivity index (χ3v) is 6.46. The van der Waals surface area contributed by atoms with Crippen LogP contribution in [0.2, 0.25) is 5.02 Å². The summed E-state index contributed by atoms with van der Waals surface area (Å²) in [7, 11) is 0. The standard InChI is InChI=1S/C29H32ClN3O3/c30-26-11-9-25(10-12-26)29(35)33(22-24-5-2-1-3-6-24)27-13-7-23(8-14-27)21-28(34)31-15-4-16-32-17-19-36-20-18-32/h1-3,5-14H,4,15-22H2,(H,31,34). The monoisotopic (exact) mass is 505 g/mol. The normalized spacial score (nSPS) is 13.8. The fourth-order valence-electron chi connectivity index (χ4n) is 4.19. The van der Waals surface area contributed by atoms with Gasteiger partial charge in [0.2, 0.25) is 5.91 Å². The van der Waals surface area contributed by atoms with Gasteiger partial charge in [-0.15, -0.1) is 0 Å². The fraction of sp³-hybridized carbons (Fsp3) is 0.310. The first-order valence-electron chi connectivity index (χ1n) is 12.4. The maximum atomic E-state index is 13.4. The van der Waals surface area contributed by atoms with E-state index in [0.717, 1.165) is 56.1 Å². The van der Waals surface area contributed by atoms with Gasteiger partial charge in [0, 0.05) is 35.9 Å². The van der Waals surface area contributed by atoms with Gasteiger partial charge < -0.3 is 15.0 Å². The lowest BCUT2D eigenvalue weighted by Crippen LogP contribution is -2.38. The van der Waals surface area contributed by atoms with Crippen LogP contribution in [0, 0.1) is 0 Å². The van der Waals surface area contributed by atoms with Crippen molar-refractivity contribution in [2.24, 2.45) is 0 Å². The molecular formula is C29H32ClN3O3. The Labute approximate surface area is 217 Å². The van der Waals surface area contributed by atoms with E-state index in [0.29, 0.717) is 30.1 Å². The summed E-state index contributed by atoms with van der Waals surface area (Å²) < 4.78 is 5.37. The van der Waals surface area contributed by atoms with Crippen molar-refractivity contribution in [3.63, 3.8) is 0 Å². The molecule has 0 bridgehead atoms. The zero-order chi connectivity index (χ0) is 25.2. The van der Waals surface area contributed by atoms with E-state index in [1.807, 2.05) is 54.6 Å². The number of nitrogens with zero attached hydrogens (tertiary/aromatic N) is 2. The Kier molecular flexibility index (Phi) is 9.50. The summed E-state index contributed by atoms with van der Waals surface area (Å²) in [5, 5.41) is 3.60. The first-order valence-corrected chi connectivity index (χ1v) is 12.7. The Morgan fingerprint density at radius 1 is 0.889 bits per heavy atom. The van der Waals surface area contributed by atoms with Gasteiger partial charge in [-0.3, -0.25) is 14.5 Å². The molecule has 0 atom stereocenters. The lowest BCUT2D eigenvalue weighted by molar-refractivity contribution is -0.120. The van der Waals surface area contributed by atoms with Gasteiger partial charge >= 0.3 is 0 Å². The Morgan fingerprint density at radius 2 is 1.58 bits per heavy atom. The van der Waals surface area contributed by atoms with Gasteiger partial charge in [-0.05, 0) is 60.5 Å². The Balaban J connectivity index is 1.36. The fourth-order valence-corrected chi connectivity index (χ4v) is 4.32. The van der Waals surface area contributed by atoms with Crippen molar-refractivity contribution in [2.75, 3.05) is 44.3 Å². The molecule has 1 N–H and O–H groups in total. The van der Waals surface area contributed by atoms with Crippen LogP contribution in [0.25, 0.3) is 0 Å². The smallest absolute Gasteiger partial charge is 0.258 e. The summed E-state index contributed by atoms with van der Waals surface area (Å²) in [6.07, 6.45) is 1.23. The first kappa shape index (κ1) is 25.9. The number of amides is 2. The van der Waals surface area contributed by atoms with Gasteiger partial charge in [-0.25, -0.2) is 0 Å². The van der Waals surface area contributed by atoms with E-state index < -0.39 is 0 Å². The molecule has 2 amide bonds. The van der Waals surface area contributed by atoms with E-state index >= 15 is 0 Å². The molecule has 0 spiro atoms. The van der Waals surface area contributed by atoms with Crippen molar-refractivity contribution < 1.29 is 14.3 Å². The van der Waals surface area contributed by atoms with Crippen LogP contribution in [-0.2, 0) is 22.5 Å². The predicted molar refractivity (Wildman–Crippen MR) is 143 cm³/mol. The molecule has 0 unspecified atom stereocenters. The number of morpholine rings is 1. The molecule has 1 aliphatic rings. The molecular weight excluding hydrogens is 474 g/mol. The van der Waals surface area contributed by atoms with Crippen LogP contribution in [-0.4, -0.2) is 56.1 Å². The summed E-state index contributed by atoms with van der Waals surface area (Å²) in [6, 6.07) is 24.4. The molecule has 1 fully saturated rings. The van der Waals surface area contributed by atoms with Crippen LogP contribution in [0.15, 0.2) is 78.9 Å². The second kappa shape index (κ2) is 13.2. The predicted octanol–water partition coefficient (Wildman–Crippen LogP) is 4.57. The van der Waals surface area contributed by atoms with Gasteiger partial charge in [0.05, 0.1) is 26.2 Å². The SMILES string of the molecule is O=C(Cc1ccc(N(Cc2ccccc2)C(=O)c2ccc(Cl)cc2)cc1)NCCCN1CCOCC1. The number of ether oxygens (including phenoxy) is 1. The Bertz CT molecular complexity index is 1110. The highest BCUT2D eigenvalue weighted by atomic mass is 35.5. The van der Waals surface area contributed by atoms with Crippen molar-refractivity contribution in [3.05, 3.63) is 101 Å². The average Bonchev–Trinajstić information content (AvgIpc) is 2.91. The number of carbonyl (C=O) groups excluding carboxylic acids is 2. The number of halogens is 1. The molecule has 7 heteroatoms. The summed E-state index contributed by atoms with van der Waals surface area (Å²) in [5.41, 5.74) is 3.27. The summed E-state index contributed by atoms with van der Waals surface area (Å²) in [4.78, 5) is 29.9. The molecule has 1 aliphatic heterocycles. The minimum atomic E-state index is -0.110. The van der Waals surface area contributed by atoms with Crippen molar-refractivity contribution in [2.45, 2.75) is 19.4 Å². The van der Waals surface area contributed by atoms with Crippen LogP contribution >= 0.6 is 11.6 Å². The zero-order valence-electron chi connectivity index (χ0n) is 20.4. The quantitative estimate of drug-likeness (QED) is 0.410. The molecule has 36 heavy (non-hydrogen) atoms. The number of rotatable bonds is 10. The molecule has 0 saturated carbocycles. The van der Waals surface area contributed by atoms with E-state index in [-0.39, 0.29) is 11.8 Å². The van der Waals surface area contributed by atoms with E-state index in [4.69, 9.17) is 16.3 Å². The van der Waals surface area contributed by atoms with Crippen LogP contribution in [0.5, 0.6) is 0 Å². The number of nitrogens with one attached hydrogen (secondary N) is 1. The third kappa shape index (κ3) is 7.65. The van der Waals surface area contributed by atoms with E-state index in [9.17, 15) is 9.59 Å². The van der Waals surface area contributed by atoms with Crippen LogP contribution < -0.4 is 10.2 Å². The molecule has 0 radical (unpaired) electrons. The molecule has 0 aliphatic carbocycles. The van der Waals surface area contributed by atoms with Gasteiger partial charge in [-0.2, -0.15) is 0 Å². The molecule has 188 valence electrons. The van der Waals surface area contributed by atoms with Crippen LogP contribution in [0.4, 0.5) is 5.69 Å². The van der Waals surface area contributed by atoms with Gasteiger partial charge in [-0.1, -0.05) is 54.1 Å². The largest absolute Gasteiger partial charge is 0.379 e. The number of carbonyl (C=O) groups is 2. The Morgan fingerprint density at radius 3 is 2.28 bits per heavy atom. The highest BCUT2D eigenvalue weighted by molar-refractivity contribution is 6.30. The summed E-state index contributed by atoms with van der Waals surface area (Å²) >= 11 is 6.01. The van der Waals surface area contributed by atoms with E-state index in [1.165, 1.54) is 0 Å². The van der Waals surface area contributed by atoms with Crippen molar-refractivity contribution >= 4 is 29.1 Å². The zero-order valence-corrected chi connectivity index (χ0v) is 21.1. The van der Waals surface area contributed by atoms with E-state index in [1.54, 1.807) is 29.2 Å².